The van der Waals surface area contributed by atoms with Gasteiger partial charge < -0.3 is 14.8 Å². The van der Waals surface area contributed by atoms with Gasteiger partial charge in [0, 0.05) is 31.9 Å². The average molecular weight is 377 g/mol. The van der Waals surface area contributed by atoms with Crippen molar-refractivity contribution in [3.63, 3.8) is 0 Å². The third-order valence-electron chi connectivity index (χ3n) is 5.35. The maximum atomic E-state index is 12.5. The van der Waals surface area contributed by atoms with Crippen molar-refractivity contribution in [3.05, 3.63) is 24.3 Å². The summed E-state index contributed by atoms with van der Waals surface area (Å²) < 4.78 is 11.5. The number of nitrogens with one attached hydrogen (secondary N) is 1. The molecule has 0 unspecified atom stereocenters. The first-order valence-corrected chi connectivity index (χ1v) is 10.3. The van der Waals surface area contributed by atoms with E-state index in [1.807, 2.05) is 45.0 Å². The molecule has 27 heavy (non-hydrogen) atoms. The average Bonchev–Trinajstić information content (AvgIpc) is 2.62. The second-order valence-corrected chi connectivity index (χ2v) is 8.05. The highest BCUT2D eigenvalue weighted by atomic mass is 16.5. The normalized spacial score (nSPS) is 22.9. The molecule has 1 heterocycles. The summed E-state index contributed by atoms with van der Waals surface area (Å²) in [7, 11) is 0. The van der Waals surface area contributed by atoms with Crippen LogP contribution < -0.4 is 10.1 Å². The summed E-state index contributed by atoms with van der Waals surface area (Å²) in [4.78, 5) is 15.0. The second kappa shape index (κ2) is 10.1. The number of ether oxygens (including phenoxy) is 2. The van der Waals surface area contributed by atoms with Crippen LogP contribution in [0.25, 0.3) is 0 Å². The molecule has 5 heteroatoms. The Kier molecular flexibility index (Phi) is 8.11. The maximum Gasteiger partial charge on any atom is 0.256 e. The highest BCUT2D eigenvalue weighted by Crippen LogP contribution is 2.22. The van der Waals surface area contributed by atoms with Gasteiger partial charge >= 0.3 is 0 Å². The van der Waals surface area contributed by atoms with Crippen molar-refractivity contribution in [1.82, 2.24) is 4.90 Å². The highest BCUT2D eigenvalue weighted by Gasteiger charge is 2.31. The van der Waals surface area contributed by atoms with Crippen LogP contribution >= 0.6 is 0 Å². The Balaban J connectivity index is 1.80. The van der Waals surface area contributed by atoms with Crippen LogP contribution in [0.4, 0.5) is 5.69 Å². The lowest BCUT2D eigenvalue weighted by Crippen LogP contribution is -2.42. The lowest BCUT2D eigenvalue weighted by molar-refractivity contribution is -0.139. The van der Waals surface area contributed by atoms with Crippen LogP contribution in [0.3, 0.4) is 0 Å². The number of hydrogen-bond acceptors (Lipinski definition) is 4. The summed E-state index contributed by atoms with van der Waals surface area (Å²) in [6, 6.07) is 7.56. The lowest BCUT2D eigenvalue weighted by atomic mass is 9.92. The molecule has 0 aliphatic carbocycles. The summed E-state index contributed by atoms with van der Waals surface area (Å²) in [5.74, 6) is 2.24. The molecule has 1 N–H and O–H groups in total. The molecule has 0 bridgehead atoms. The molecule has 0 saturated carbocycles. The first-order valence-electron chi connectivity index (χ1n) is 10.3. The molecule has 0 radical (unpaired) electrons. The summed E-state index contributed by atoms with van der Waals surface area (Å²) in [5, 5.41) is 2.94. The van der Waals surface area contributed by atoms with E-state index in [1.54, 1.807) is 0 Å². The van der Waals surface area contributed by atoms with Crippen molar-refractivity contribution in [2.45, 2.75) is 53.1 Å². The van der Waals surface area contributed by atoms with Gasteiger partial charge in [0.25, 0.3) is 5.91 Å². The highest BCUT2D eigenvalue weighted by molar-refractivity contribution is 5.97. The van der Waals surface area contributed by atoms with E-state index in [2.05, 4.69) is 24.1 Å². The summed E-state index contributed by atoms with van der Waals surface area (Å²) in [6.45, 7) is 14.8. The number of benzene rings is 1. The van der Waals surface area contributed by atoms with Gasteiger partial charge in [-0.05, 0) is 62.8 Å². The monoisotopic (exact) mass is 376 g/mol. The van der Waals surface area contributed by atoms with Crippen LogP contribution in [0.15, 0.2) is 24.3 Å². The third kappa shape index (κ3) is 6.51. The predicted octanol–water partition coefficient (Wildman–Crippen LogP) is 4.19. The van der Waals surface area contributed by atoms with E-state index >= 15 is 0 Å². The Bertz CT molecular complexity index is 580. The Morgan fingerprint density at radius 3 is 2.37 bits per heavy atom. The SMILES string of the molecule is CCO[C@@](C)(CC)C(=O)Nc1ccc(OCCN2C[C@H](C)C[C@@H](C)C2)cc1. The van der Waals surface area contributed by atoms with Crippen LogP contribution in [0.1, 0.15) is 47.5 Å². The van der Waals surface area contributed by atoms with Gasteiger partial charge in [0.15, 0.2) is 0 Å². The fraction of sp³-hybridized carbons (Fsp3) is 0.682. The van der Waals surface area contributed by atoms with Crippen LogP contribution in [-0.4, -0.2) is 49.3 Å². The van der Waals surface area contributed by atoms with E-state index in [0.29, 0.717) is 19.6 Å². The Morgan fingerprint density at radius 2 is 1.81 bits per heavy atom. The molecule has 5 nitrogen and oxygen atoms in total. The number of carbonyl (C=O) groups is 1. The van der Waals surface area contributed by atoms with Crippen molar-refractivity contribution in [3.8, 4) is 5.75 Å². The number of nitrogens with zero attached hydrogens (tertiary/aromatic N) is 1. The van der Waals surface area contributed by atoms with Gasteiger partial charge in [-0.15, -0.1) is 0 Å². The second-order valence-electron chi connectivity index (χ2n) is 8.05. The molecular weight excluding hydrogens is 340 g/mol. The summed E-state index contributed by atoms with van der Waals surface area (Å²) in [6.07, 6.45) is 1.95. The Hall–Kier alpha value is -1.59. The molecule has 3 atom stereocenters. The summed E-state index contributed by atoms with van der Waals surface area (Å²) in [5.41, 5.74) is -0.0440. The van der Waals surface area contributed by atoms with Gasteiger partial charge in [-0.3, -0.25) is 9.69 Å². The zero-order valence-electron chi connectivity index (χ0n) is 17.6. The molecule has 1 saturated heterocycles. The number of anilines is 1. The molecule has 152 valence electrons. The van der Waals surface area contributed by atoms with Crippen molar-refractivity contribution in [2.75, 3.05) is 38.2 Å². The van der Waals surface area contributed by atoms with Crippen molar-refractivity contribution in [1.29, 1.82) is 0 Å². The standard InChI is InChI=1S/C22H36N2O3/c1-6-22(5,27-7-2)21(25)23-19-8-10-20(11-9-19)26-13-12-24-15-17(3)14-18(4)16-24/h8-11,17-18H,6-7,12-16H2,1-5H3,(H,23,25)/t17-,18-,22+/m1/s1. The number of amides is 1. The van der Waals surface area contributed by atoms with Crippen LogP contribution in [0.5, 0.6) is 5.75 Å². The molecule has 1 aliphatic heterocycles. The van der Waals surface area contributed by atoms with E-state index in [-0.39, 0.29) is 5.91 Å². The first-order chi connectivity index (χ1) is 12.9. The fourth-order valence-electron chi connectivity index (χ4n) is 3.81. The minimum atomic E-state index is -0.799. The zero-order valence-corrected chi connectivity index (χ0v) is 17.6. The molecule has 1 amide bonds. The van der Waals surface area contributed by atoms with E-state index in [9.17, 15) is 4.79 Å². The molecule has 1 aromatic rings. The number of likely N-dealkylation sites (tertiary alicyclic amines) is 1. The number of carbonyl (C=O) groups excluding carboxylic acids is 1. The van der Waals surface area contributed by atoms with Gasteiger partial charge in [-0.25, -0.2) is 0 Å². The van der Waals surface area contributed by atoms with Crippen LogP contribution in [0, 0.1) is 11.8 Å². The quantitative estimate of drug-likeness (QED) is 0.702. The third-order valence-corrected chi connectivity index (χ3v) is 5.35. The minimum absolute atomic E-state index is 0.117. The maximum absolute atomic E-state index is 12.5. The Labute approximate surface area is 164 Å². The molecule has 0 spiro atoms. The van der Waals surface area contributed by atoms with E-state index in [0.717, 1.165) is 42.9 Å². The van der Waals surface area contributed by atoms with E-state index < -0.39 is 5.60 Å². The molecule has 2 rings (SSSR count). The number of rotatable bonds is 9. The largest absolute Gasteiger partial charge is 0.492 e. The minimum Gasteiger partial charge on any atom is -0.492 e. The van der Waals surface area contributed by atoms with E-state index in [4.69, 9.17) is 9.47 Å². The Morgan fingerprint density at radius 1 is 1.19 bits per heavy atom. The van der Waals surface area contributed by atoms with Crippen molar-refractivity contribution >= 4 is 11.6 Å². The number of piperidine rings is 1. The summed E-state index contributed by atoms with van der Waals surface area (Å²) >= 11 is 0. The first kappa shape index (κ1) is 21.7. The van der Waals surface area contributed by atoms with Crippen LogP contribution in [-0.2, 0) is 9.53 Å². The molecule has 0 aromatic heterocycles. The molecule has 1 aliphatic rings. The zero-order chi connectivity index (χ0) is 19.9. The van der Waals surface area contributed by atoms with Gasteiger partial charge in [0.2, 0.25) is 0 Å². The fourth-order valence-corrected chi connectivity index (χ4v) is 3.81. The topological polar surface area (TPSA) is 50.8 Å². The van der Waals surface area contributed by atoms with Gasteiger partial charge in [0.1, 0.15) is 18.0 Å². The lowest BCUT2D eigenvalue weighted by Gasteiger charge is -2.34. The number of hydrogen-bond donors (Lipinski definition) is 1. The van der Waals surface area contributed by atoms with Crippen molar-refractivity contribution in [2.24, 2.45) is 11.8 Å². The van der Waals surface area contributed by atoms with Gasteiger partial charge in [0.05, 0.1) is 0 Å². The van der Waals surface area contributed by atoms with Gasteiger partial charge in [-0.2, -0.15) is 0 Å². The van der Waals surface area contributed by atoms with Gasteiger partial charge in [-0.1, -0.05) is 20.8 Å². The molecular formula is C22H36N2O3. The smallest absolute Gasteiger partial charge is 0.256 e. The molecule has 1 aromatic carbocycles. The molecule has 1 fully saturated rings. The van der Waals surface area contributed by atoms with E-state index in [1.165, 1.54) is 6.42 Å². The van der Waals surface area contributed by atoms with Crippen LogP contribution in [0.2, 0.25) is 0 Å². The van der Waals surface area contributed by atoms with Crippen molar-refractivity contribution < 1.29 is 14.3 Å². The predicted molar refractivity (Wildman–Crippen MR) is 110 cm³/mol.